The predicted octanol–water partition coefficient (Wildman–Crippen LogP) is 0.678. The first-order chi connectivity index (χ1) is 9.98. The van der Waals surface area contributed by atoms with Crippen molar-refractivity contribution in [1.82, 2.24) is 4.72 Å². The van der Waals surface area contributed by atoms with Crippen LogP contribution < -0.4 is 10.5 Å². The van der Waals surface area contributed by atoms with Crippen molar-refractivity contribution in [3.8, 4) is 0 Å². The SMILES string of the molecule is COCC(CCO)NS(=O)(=O)CCSc1ccccc1N. The number of hydrogen-bond acceptors (Lipinski definition) is 6. The highest BCUT2D eigenvalue weighted by molar-refractivity contribution is 8.00. The van der Waals surface area contributed by atoms with Gasteiger partial charge < -0.3 is 15.6 Å². The van der Waals surface area contributed by atoms with E-state index in [1.165, 1.54) is 18.9 Å². The van der Waals surface area contributed by atoms with Crippen LogP contribution in [0.4, 0.5) is 5.69 Å². The summed E-state index contributed by atoms with van der Waals surface area (Å²) in [7, 11) is -1.92. The molecule has 120 valence electrons. The summed E-state index contributed by atoms with van der Waals surface area (Å²) in [5.41, 5.74) is 6.44. The number of benzene rings is 1. The Labute approximate surface area is 130 Å². The number of nitrogen functional groups attached to an aromatic ring is 1. The van der Waals surface area contributed by atoms with E-state index < -0.39 is 16.1 Å². The first kappa shape index (κ1) is 18.2. The van der Waals surface area contributed by atoms with Gasteiger partial charge in [-0.05, 0) is 18.6 Å². The Bertz CT molecular complexity index is 517. The van der Waals surface area contributed by atoms with E-state index in [2.05, 4.69) is 4.72 Å². The maximum Gasteiger partial charge on any atom is 0.212 e. The van der Waals surface area contributed by atoms with Crippen LogP contribution in [0.3, 0.4) is 0 Å². The molecule has 0 aromatic heterocycles. The van der Waals surface area contributed by atoms with E-state index in [0.29, 0.717) is 17.9 Å². The number of hydrogen-bond donors (Lipinski definition) is 3. The van der Waals surface area contributed by atoms with Crippen molar-refractivity contribution in [3.63, 3.8) is 0 Å². The fourth-order valence-corrected chi connectivity index (χ4v) is 4.37. The molecule has 0 aliphatic heterocycles. The van der Waals surface area contributed by atoms with Crippen molar-refractivity contribution in [3.05, 3.63) is 24.3 Å². The van der Waals surface area contributed by atoms with Gasteiger partial charge in [-0.1, -0.05) is 12.1 Å². The Kier molecular flexibility index (Phi) is 8.05. The smallest absolute Gasteiger partial charge is 0.212 e. The number of rotatable bonds is 10. The summed E-state index contributed by atoms with van der Waals surface area (Å²) in [6, 6.07) is 6.94. The number of anilines is 1. The summed E-state index contributed by atoms with van der Waals surface area (Å²) in [5.74, 6) is 0.389. The van der Waals surface area contributed by atoms with Crippen LogP contribution in [0.2, 0.25) is 0 Å². The van der Waals surface area contributed by atoms with E-state index in [1.807, 2.05) is 18.2 Å². The zero-order valence-corrected chi connectivity index (χ0v) is 13.6. The minimum atomic E-state index is -3.41. The molecule has 0 radical (unpaired) electrons. The molecule has 0 saturated carbocycles. The molecule has 0 amide bonds. The number of methoxy groups -OCH3 is 1. The van der Waals surface area contributed by atoms with Gasteiger partial charge in [-0.25, -0.2) is 13.1 Å². The van der Waals surface area contributed by atoms with Crippen molar-refractivity contribution in [1.29, 1.82) is 0 Å². The molecule has 0 saturated heterocycles. The van der Waals surface area contributed by atoms with Gasteiger partial charge in [0.1, 0.15) is 0 Å². The second-order valence-corrected chi connectivity index (χ2v) is 7.50. The normalized spacial score (nSPS) is 13.2. The van der Waals surface area contributed by atoms with Crippen molar-refractivity contribution in [2.75, 3.05) is 37.6 Å². The molecule has 8 heteroatoms. The molecule has 0 aliphatic rings. The predicted molar refractivity (Wildman–Crippen MR) is 85.9 cm³/mol. The maximum atomic E-state index is 12.0. The summed E-state index contributed by atoms with van der Waals surface area (Å²) in [6.07, 6.45) is 0.325. The lowest BCUT2D eigenvalue weighted by Crippen LogP contribution is -2.40. The second kappa shape index (κ2) is 9.26. The zero-order valence-electron chi connectivity index (χ0n) is 12.0. The molecule has 21 heavy (non-hydrogen) atoms. The van der Waals surface area contributed by atoms with Crippen LogP contribution in [-0.4, -0.2) is 51.4 Å². The monoisotopic (exact) mass is 334 g/mol. The lowest BCUT2D eigenvalue weighted by atomic mass is 10.2. The van der Waals surface area contributed by atoms with Gasteiger partial charge >= 0.3 is 0 Å². The average molecular weight is 334 g/mol. The van der Waals surface area contributed by atoms with Crippen LogP contribution in [0, 0.1) is 0 Å². The first-order valence-corrected chi connectivity index (χ1v) is 9.19. The van der Waals surface area contributed by atoms with E-state index in [-0.39, 0.29) is 19.0 Å². The van der Waals surface area contributed by atoms with Gasteiger partial charge in [-0.3, -0.25) is 0 Å². The van der Waals surface area contributed by atoms with Crippen molar-refractivity contribution in [2.45, 2.75) is 17.4 Å². The minimum absolute atomic E-state index is 0.0162. The fourth-order valence-electron chi connectivity index (χ4n) is 1.72. The van der Waals surface area contributed by atoms with E-state index in [0.717, 1.165) is 4.90 Å². The van der Waals surface area contributed by atoms with Crippen molar-refractivity contribution >= 4 is 27.5 Å². The summed E-state index contributed by atoms with van der Waals surface area (Å²) in [5, 5.41) is 8.91. The topological polar surface area (TPSA) is 102 Å². The first-order valence-electron chi connectivity index (χ1n) is 6.55. The van der Waals surface area contributed by atoms with Crippen molar-refractivity contribution in [2.24, 2.45) is 0 Å². The molecule has 1 unspecified atom stereocenters. The molecule has 1 aromatic carbocycles. The number of aliphatic hydroxyl groups excluding tert-OH is 1. The molecule has 6 nitrogen and oxygen atoms in total. The van der Waals surface area contributed by atoms with Gasteiger partial charge in [-0.15, -0.1) is 11.8 Å². The molecule has 0 aliphatic carbocycles. The minimum Gasteiger partial charge on any atom is -0.398 e. The van der Waals surface area contributed by atoms with Gasteiger partial charge in [0.05, 0.1) is 12.4 Å². The van der Waals surface area contributed by atoms with Crippen LogP contribution in [-0.2, 0) is 14.8 Å². The number of para-hydroxylation sites is 1. The molecule has 1 rings (SSSR count). The Morgan fingerprint density at radius 2 is 2.14 bits per heavy atom. The molecule has 0 spiro atoms. The van der Waals surface area contributed by atoms with Gasteiger partial charge in [-0.2, -0.15) is 0 Å². The largest absolute Gasteiger partial charge is 0.398 e. The van der Waals surface area contributed by atoms with Gasteiger partial charge in [0.2, 0.25) is 10.0 Å². The Balaban J connectivity index is 2.47. The third-order valence-electron chi connectivity index (χ3n) is 2.72. The Morgan fingerprint density at radius 1 is 1.43 bits per heavy atom. The molecule has 4 N–H and O–H groups in total. The third kappa shape index (κ3) is 7.14. The number of thioether (sulfide) groups is 1. The Morgan fingerprint density at radius 3 is 2.76 bits per heavy atom. The summed E-state index contributed by atoms with van der Waals surface area (Å²) in [4.78, 5) is 0.872. The molecular formula is C13H22N2O4S2. The summed E-state index contributed by atoms with van der Waals surface area (Å²) < 4.78 is 31.4. The van der Waals surface area contributed by atoms with Crippen LogP contribution >= 0.6 is 11.8 Å². The number of sulfonamides is 1. The quantitative estimate of drug-likeness (QED) is 0.429. The van der Waals surface area contributed by atoms with Crippen molar-refractivity contribution < 1.29 is 18.3 Å². The standard InChI is InChI=1S/C13H22N2O4S2/c1-19-10-11(6-7-16)15-21(17,18)9-8-20-13-5-3-2-4-12(13)14/h2-5,11,15-16H,6-10,14H2,1H3. The molecule has 0 bridgehead atoms. The van der Waals surface area contributed by atoms with E-state index >= 15 is 0 Å². The summed E-state index contributed by atoms with van der Waals surface area (Å²) in [6.45, 7) is 0.143. The van der Waals surface area contributed by atoms with Gasteiger partial charge in [0.15, 0.2) is 0 Å². The number of nitrogens with one attached hydrogen (secondary N) is 1. The molecule has 0 fully saturated rings. The van der Waals surface area contributed by atoms with E-state index in [1.54, 1.807) is 6.07 Å². The highest BCUT2D eigenvalue weighted by Crippen LogP contribution is 2.24. The summed E-state index contributed by atoms with van der Waals surface area (Å²) >= 11 is 1.40. The van der Waals surface area contributed by atoms with E-state index in [4.69, 9.17) is 15.6 Å². The van der Waals surface area contributed by atoms with Crippen LogP contribution in [0.25, 0.3) is 0 Å². The zero-order chi connectivity index (χ0) is 15.7. The van der Waals surface area contributed by atoms with Gasteiger partial charge in [0, 0.05) is 36.1 Å². The molecule has 0 heterocycles. The molecule has 1 atom stereocenters. The maximum absolute atomic E-state index is 12.0. The van der Waals surface area contributed by atoms with Crippen LogP contribution in [0.1, 0.15) is 6.42 Å². The highest BCUT2D eigenvalue weighted by atomic mass is 32.2. The number of aliphatic hydroxyl groups is 1. The lowest BCUT2D eigenvalue weighted by molar-refractivity contribution is 0.158. The average Bonchev–Trinajstić information content (AvgIpc) is 2.41. The highest BCUT2D eigenvalue weighted by Gasteiger charge is 2.17. The van der Waals surface area contributed by atoms with Gasteiger partial charge in [0.25, 0.3) is 0 Å². The van der Waals surface area contributed by atoms with E-state index in [9.17, 15) is 8.42 Å². The number of ether oxygens (including phenoxy) is 1. The third-order valence-corrected chi connectivity index (χ3v) is 5.50. The van der Waals surface area contributed by atoms with Crippen LogP contribution in [0.5, 0.6) is 0 Å². The molecular weight excluding hydrogens is 312 g/mol. The fraction of sp³-hybridized carbons (Fsp3) is 0.538. The Hall–Kier alpha value is -0.800. The molecule has 1 aromatic rings. The second-order valence-electron chi connectivity index (χ2n) is 4.49. The van der Waals surface area contributed by atoms with Crippen LogP contribution in [0.15, 0.2) is 29.2 Å². The lowest BCUT2D eigenvalue weighted by Gasteiger charge is -2.16. The number of nitrogens with two attached hydrogens (primary N) is 1.